The van der Waals surface area contributed by atoms with Gasteiger partial charge in [-0.3, -0.25) is 4.98 Å². The van der Waals surface area contributed by atoms with Gasteiger partial charge in [-0.1, -0.05) is 55.9 Å². The van der Waals surface area contributed by atoms with Gasteiger partial charge in [0.05, 0.1) is 6.04 Å². The molecule has 20 heavy (non-hydrogen) atoms. The van der Waals surface area contributed by atoms with Crippen molar-refractivity contribution in [3.8, 4) is 0 Å². The number of rotatable bonds is 4. The molecule has 0 saturated heterocycles. The fraction of sp³-hybridized carbons (Fsp3) is 0.294. The van der Waals surface area contributed by atoms with Crippen LogP contribution in [-0.2, 0) is 0 Å². The molecule has 0 amide bonds. The third-order valence-electron chi connectivity index (χ3n) is 3.81. The van der Waals surface area contributed by atoms with E-state index >= 15 is 0 Å². The van der Waals surface area contributed by atoms with Crippen LogP contribution in [0.3, 0.4) is 0 Å². The minimum atomic E-state index is 0.221. The van der Waals surface area contributed by atoms with Crippen molar-refractivity contribution < 1.29 is 0 Å². The molecule has 0 fully saturated rings. The number of nitrogens with zero attached hydrogens (tertiary/aromatic N) is 2. The lowest BCUT2D eigenvalue weighted by Crippen LogP contribution is -2.29. The SMILES string of the molecule is CCCCN1C(=S)c2ccccc2C1c1cccnc1. The number of pyridine rings is 1. The van der Waals surface area contributed by atoms with Crippen LogP contribution in [-0.4, -0.2) is 21.4 Å². The lowest BCUT2D eigenvalue weighted by atomic mass is 9.99. The molecule has 2 aromatic rings. The quantitative estimate of drug-likeness (QED) is 0.790. The van der Waals surface area contributed by atoms with E-state index in [2.05, 4.69) is 47.1 Å². The van der Waals surface area contributed by atoms with Gasteiger partial charge in [0.25, 0.3) is 0 Å². The Morgan fingerprint density at radius 3 is 2.80 bits per heavy atom. The van der Waals surface area contributed by atoms with Crippen molar-refractivity contribution in [3.05, 3.63) is 65.5 Å². The average molecular weight is 282 g/mol. The van der Waals surface area contributed by atoms with Crippen molar-refractivity contribution in [2.75, 3.05) is 6.54 Å². The molecule has 0 N–H and O–H groups in total. The standard InChI is InChI=1S/C17H18N2S/c1-2-3-11-19-16(13-7-6-10-18-12-13)14-8-4-5-9-15(14)17(19)20/h4-10,12,16H,2-3,11H2,1H3. The average Bonchev–Trinajstić information content (AvgIpc) is 2.79. The van der Waals surface area contributed by atoms with Crippen molar-refractivity contribution in [3.63, 3.8) is 0 Å². The Bertz CT molecular complexity index is 609. The van der Waals surface area contributed by atoms with Gasteiger partial charge >= 0.3 is 0 Å². The number of hydrogen-bond donors (Lipinski definition) is 0. The Morgan fingerprint density at radius 2 is 2.05 bits per heavy atom. The van der Waals surface area contributed by atoms with Crippen molar-refractivity contribution in [2.24, 2.45) is 0 Å². The molecule has 0 spiro atoms. The summed E-state index contributed by atoms with van der Waals surface area (Å²) in [5.41, 5.74) is 3.73. The van der Waals surface area contributed by atoms with Crippen molar-refractivity contribution in [2.45, 2.75) is 25.8 Å². The molecule has 102 valence electrons. The monoisotopic (exact) mass is 282 g/mol. The summed E-state index contributed by atoms with van der Waals surface area (Å²) in [5, 5.41) is 0. The molecule has 2 nitrogen and oxygen atoms in total. The second-order valence-corrected chi connectivity index (χ2v) is 5.51. The molecule has 1 aromatic carbocycles. The summed E-state index contributed by atoms with van der Waals surface area (Å²) < 4.78 is 0. The molecule has 1 aliphatic rings. The Kier molecular flexibility index (Phi) is 3.79. The lowest BCUT2D eigenvalue weighted by Gasteiger charge is -2.27. The van der Waals surface area contributed by atoms with E-state index in [-0.39, 0.29) is 6.04 Å². The molecule has 0 radical (unpaired) electrons. The normalized spacial score (nSPS) is 17.4. The maximum atomic E-state index is 5.69. The summed E-state index contributed by atoms with van der Waals surface area (Å²) >= 11 is 5.69. The van der Waals surface area contributed by atoms with Gasteiger partial charge in [-0.25, -0.2) is 0 Å². The fourth-order valence-electron chi connectivity index (χ4n) is 2.83. The van der Waals surface area contributed by atoms with Gasteiger partial charge < -0.3 is 4.90 Å². The molecule has 1 atom stereocenters. The third kappa shape index (κ3) is 2.22. The zero-order chi connectivity index (χ0) is 13.9. The molecule has 0 bridgehead atoms. The van der Waals surface area contributed by atoms with E-state index in [1.54, 1.807) is 0 Å². The molecule has 0 saturated carbocycles. The highest BCUT2D eigenvalue weighted by Gasteiger charge is 2.34. The van der Waals surface area contributed by atoms with Gasteiger partial charge in [0.15, 0.2) is 0 Å². The lowest BCUT2D eigenvalue weighted by molar-refractivity contribution is 0.371. The number of thiocarbonyl (C=S) groups is 1. The van der Waals surface area contributed by atoms with Crippen LogP contribution in [0.1, 0.15) is 42.5 Å². The number of benzene rings is 1. The van der Waals surface area contributed by atoms with Gasteiger partial charge in [-0.05, 0) is 23.6 Å². The Labute approximate surface area is 125 Å². The van der Waals surface area contributed by atoms with Crippen LogP contribution in [0, 0.1) is 0 Å². The van der Waals surface area contributed by atoms with Crippen molar-refractivity contribution in [1.82, 2.24) is 9.88 Å². The molecule has 1 aromatic heterocycles. The van der Waals surface area contributed by atoms with Crippen LogP contribution < -0.4 is 0 Å². The van der Waals surface area contributed by atoms with Crippen LogP contribution >= 0.6 is 12.2 Å². The second kappa shape index (κ2) is 5.71. The number of hydrogen-bond acceptors (Lipinski definition) is 2. The summed E-state index contributed by atoms with van der Waals surface area (Å²) in [7, 11) is 0. The molecule has 0 aliphatic carbocycles. The minimum Gasteiger partial charge on any atom is -0.351 e. The van der Waals surface area contributed by atoms with Crippen LogP contribution in [0.2, 0.25) is 0 Å². The maximum absolute atomic E-state index is 5.69. The van der Waals surface area contributed by atoms with E-state index in [1.165, 1.54) is 23.1 Å². The fourth-order valence-corrected chi connectivity index (χ4v) is 3.21. The largest absolute Gasteiger partial charge is 0.351 e. The smallest absolute Gasteiger partial charge is 0.110 e. The summed E-state index contributed by atoms with van der Waals surface area (Å²) in [4.78, 5) is 7.59. The van der Waals surface area contributed by atoms with Crippen LogP contribution in [0.25, 0.3) is 0 Å². The molecule has 2 heterocycles. The van der Waals surface area contributed by atoms with E-state index in [9.17, 15) is 0 Å². The van der Waals surface area contributed by atoms with Crippen LogP contribution in [0.15, 0.2) is 48.8 Å². The molecule has 1 unspecified atom stereocenters. The van der Waals surface area contributed by atoms with Crippen LogP contribution in [0.5, 0.6) is 0 Å². The molecular formula is C17H18N2S. The third-order valence-corrected chi connectivity index (χ3v) is 4.27. The van der Waals surface area contributed by atoms with Crippen molar-refractivity contribution in [1.29, 1.82) is 0 Å². The zero-order valence-corrected chi connectivity index (χ0v) is 12.4. The van der Waals surface area contributed by atoms with Gasteiger partial charge in [-0.15, -0.1) is 0 Å². The summed E-state index contributed by atoms with van der Waals surface area (Å²) in [6.07, 6.45) is 6.10. The van der Waals surface area contributed by atoms with Crippen LogP contribution in [0.4, 0.5) is 0 Å². The van der Waals surface area contributed by atoms with Gasteiger partial charge in [0.1, 0.15) is 4.99 Å². The summed E-state index contributed by atoms with van der Waals surface area (Å²) in [5.74, 6) is 0. The Morgan fingerprint density at radius 1 is 1.20 bits per heavy atom. The van der Waals surface area contributed by atoms with Gasteiger partial charge in [0, 0.05) is 24.5 Å². The first-order chi connectivity index (χ1) is 9.83. The van der Waals surface area contributed by atoms with Gasteiger partial charge in [-0.2, -0.15) is 0 Å². The first-order valence-corrected chi connectivity index (χ1v) is 7.53. The van der Waals surface area contributed by atoms with E-state index in [1.807, 2.05) is 18.5 Å². The highest BCUT2D eigenvalue weighted by Crippen LogP contribution is 2.38. The summed E-state index contributed by atoms with van der Waals surface area (Å²) in [6, 6.07) is 12.8. The number of fused-ring (bicyclic) bond motifs is 1. The highest BCUT2D eigenvalue weighted by atomic mass is 32.1. The maximum Gasteiger partial charge on any atom is 0.110 e. The predicted molar refractivity (Wildman–Crippen MR) is 85.8 cm³/mol. The molecule has 3 heteroatoms. The minimum absolute atomic E-state index is 0.221. The number of unbranched alkanes of at least 4 members (excludes halogenated alkanes) is 1. The topological polar surface area (TPSA) is 16.1 Å². The molecule has 3 rings (SSSR count). The van der Waals surface area contributed by atoms with E-state index in [4.69, 9.17) is 12.2 Å². The Balaban J connectivity index is 2.05. The number of aromatic nitrogens is 1. The first-order valence-electron chi connectivity index (χ1n) is 7.12. The van der Waals surface area contributed by atoms with E-state index in [0.717, 1.165) is 18.0 Å². The first kappa shape index (κ1) is 13.3. The molecular weight excluding hydrogens is 264 g/mol. The Hall–Kier alpha value is -1.74. The highest BCUT2D eigenvalue weighted by molar-refractivity contribution is 7.80. The van der Waals surface area contributed by atoms with E-state index < -0.39 is 0 Å². The summed E-state index contributed by atoms with van der Waals surface area (Å²) in [6.45, 7) is 3.22. The van der Waals surface area contributed by atoms with E-state index in [0.29, 0.717) is 0 Å². The van der Waals surface area contributed by atoms with Crippen molar-refractivity contribution >= 4 is 17.2 Å². The van der Waals surface area contributed by atoms with Gasteiger partial charge in [0.2, 0.25) is 0 Å². The second-order valence-electron chi connectivity index (χ2n) is 5.13. The molecule has 1 aliphatic heterocycles. The predicted octanol–water partition coefficient (Wildman–Crippen LogP) is 3.96. The zero-order valence-electron chi connectivity index (χ0n) is 11.6.